The summed E-state index contributed by atoms with van der Waals surface area (Å²) < 4.78 is 0. The number of rotatable bonds is 0. The molecule has 0 spiro atoms. The summed E-state index contributed by atoms with van der Waals surface area (Å²) in [5.41, 5.74) is 0. The molecule has 0 heterocycles. The molecular weight excluding hydrogens is 214 g/mol. The first-order valence-electron chi connectivity index (χ1n) is 0. The van der Waals surface area contributed by atoms with Crippen LogP contribution in [0, 0.1) is 0 Å². The van der Waals surface area contributed by atoms with E-state index in [4.69, 9.17) is 0 Å². The van der Waals surface area contributed by atoms with Crippen molar-refractivity contribution in [1.29, 1.82) is 0 Å². The average Bonchev–Trinajstić information content (AvgIpc) is 0. The standard InChI is InChI=1S/2Al.7H2O.3O/h;;7*1H2;;;/q2*+3;;;;;;;;3*-2. The summed E-state index contributed by atoms with van der Waals surface area (Å²) >= 11 is 0. The van der Waals surface area contributed by atoms with E-state index in [2.05, 4.69) is 0 Å². The van der Waals surface area contributed by atoms with Gasteiger partial charge in [-0.25, -0.2) is 0 Å². The van der Waals surface area contributed by atoms with Crippen LogP contribution in [0.25, 0.3) is 0 Å². The fraction of sp³-hybridized carbons (Fsp3) is 0. The van der Waals surface area contributed by atoms with Gasteiger partial charge in [0.05, 0.1) is 0 Å². The van der Waals surface area contributed by atoms with Crippen LogP contribution in [0.2, 0.25) is 0 Å². The molecule has 0 amide bonds. The van der Waals surface area contributed by atoms with Crippen molar-refractivity contribution in [3.05, 3.63) is 0 Å². The molecule has 0 aliphatic carbocycles. The summed E-state index contributed by atoms with van der Waals surface area (Å²) in [6, 6.07) is 0. The second-order valence-corrected chi connectivity index (χ2v) is 0. The minimum absolute atomic E-state index is 0. The SMILES string of the molecule is O.O.O.O.O.O.O.[Al+3].[Al+3].[O-2].[O-2].[O-2]. The van der Waals surface area contributed by atoms with Crippen molar-refractivity contribution in [3.63, 3.8) is 0 Å². The Morgan fingerprint density at radius 3 is 0.250 bits per heavy atom. The van der Waals surface area contributed by atoms with E-state index in [1.54, 1.807) is 0 Å². The van der Waals surface area contributed by atoms with Gasteiger partial charge in [-0.15, -0.1) is 0 Å². The van der Waals surface area contributed by atoms with Gasteiger partial charge in [-0.05, 0) is 0 Å². The van der Waals surface area contributed by atoms with Crippen molar-refractivity contribution >= 4 is 34.7 Å². The van der Waals surface area contributed by atoms with Gasteiger partial charge in [-0.3, -0.25) is 0 Å². The van der Waals surface area contributed by atoms with E-state index in [-0.39, 0.29) is 89.5 Å². The maximum absolute atomic E-state index is 0. The molecule has 0 aromatic carbocycles. The third-order valence-electron chi connectivity index (χ3n) is 0. The molecule has 0 unspecified atom stereocenters. The Balaban J connectivity index is 0. The molecule has 0 aliphatic rings. The van der Waals surface area contributed by atoms with Crippen LogP contribution in [0.1, 0.15) is 0 Å². The molecule has 12 heteroatoms. The first-order valence-corrected chi connectivity index (χ1v) is 0. The quantitative estimate of drug-likeness (QED) is 0.348. The van der Waals surface area contributed by atoms with E-state index < -0.39 is 0 Å². The second-order valence-electron chi connectivity index (χ2n) is 0. The summed E-state index contributed by atoms with van der Waals surface area (Å²) in [6.07, 6.45) is 0. The van der Waals surface area contributed by atoms with Crippen LogP contribution in [0.5, 0.6) is 0 Å². The summed E-state index contributed by atoms with van der Waals surface area (Å²) in [5, 5.41) is 0. The van der Waals surface area contributed by atoms with Gasteiger partial charge < -0.3 is 54.8 Å². The molecule has 14 N–H and O–H groups in total. The Morgan fingerprint density at radius 2 is 0.250 bits per heavy atom. The molecule has 0 atom stereocenters. The van der Waals surface area contributed by atoms with Gasteiger partial charge in [0, 0.05) is 0 Å². The minimum Gasteiger partial charge on any atom is -2.00 e. The van der Waals surface area contributed by atoms with Crippen LogP contribution in [-0.2, 0) is 16.4 Å². The van der Waals surface area contributed by atoms with E-state index >= 15 is 0 Å². The molecular formula is H14Al2O10. The van der Waals surface area contributed by atoms with Crippen LogP contribution in [0.15, 0.2) is 0 Å². The van der Waals surface area contributed by atoms with Crippen molar-refractivity contribution in [2.75, 3.05) is 0 Å². The molecule has 12 heavy (non-hydrogen) atoms. The molecule has 0 bridgehead atoms. The first kappa shape index (κ1) is 3900. The topological polar surface area (TPSA) is 306 Å². The molecule has 0 saturated heterocycles. The van der Waals surface area contributed by atoms with Crippen LogP contribution < -0.4 is 0 Å². The van der Waals surface area contributed by atoms with Gasteiger partial charge in [0.1, 0.15) is 0 Å². The molecule has 0 aromatic rings. The van der Waals surface area contributed by atoms with E-state index in [1.807, 2.05) is 0 Å². The van der Waals surface area contributed by atoms with Gasteiger partial charge in [0.2, 0.25) is 0 Å². The Morgan fingerprint density at radius 1 is 0.250 bits per heavy atom. The molecule has 0 aromatic heterocycles. The van der Waals surface area contributed by atoms with Crippen molar-refractivity contribution < 1.29 is 54.8 Å². The van der Waals surface area contributed by atoms with Crippen molar-refractivity contribution in [1.82, 2.24) is 0 Å². The second kappa shape index (κ2) is 3000. The van der Waals surface area contributed by atoms with Crippen molar-refractivity contribution in [2.45, 2.75) is 0 Å². The Kier molecular flexibility index (Phi) is 975000. The predicted molar refractivity (Wildman–Crippen MR) is 38.9 cm³/mol. The van der Waals surface area contributed by atoms with E-state index in [9.17, 15) is 0 Å². The third kappa shape index (κ3) is 2250. The zero-order valence-corrected chi connectivity index (χ0v) is 8.19. The third-order valence-corrected chi connectivity index (χ3v) is 0. The predicted octanol–water partition coefficient (Wildman–Crippen LogP) is -6.89. The molecule has 80 valence electrons. The maximum Gasteiger partial charge on any atom is 3.00 e. The summed E-state index contributed by atoms with van der Waals surface area (Å²) in [4.78, 5) is 0. The summed E-state index contributed by atoms with van der Waals surface area (Å²) in [5.74, 6) is 0. The van der Waals surface area contributed by atoms with Crippen molar-refractivity contribution in [3.8, 4) is 0 Å². The molecule has 0 fully saturated rings. The Bertz CT molecular complexity index is 7.80. The van der Waals surface area contributed by atoms with E-state index in [0.29, 0.717) is 0 Å². The largest absolute Gasteiger partial charge is 3.00 e. The van der Waals surface area contributed by atoms with Gasteiger partial charge in [0.25, 0.3) is 0 Å². The Labute approximate surface area is 89.9 Å². The smallest absolute Gasteiger partial charge is 2.00 e. The summed E-state index contributed by atoms with van der Waals surface area (Å²) in [6.45, 7) is 0. The normalized spacial score (nSPS) is 0. The minimum atomic E-state index is 0. The molecule has 0 saturated carbocycles. The van der Waals surface area contributed by atoms with Gasteiger partial charge in [-0.2, -0.15) is 0 Å². The van der Waals surface area contributed by atoms with Gasteiger partial charge >= 0.3 is 34.7 Å². The number of hydrogen-bond donors (Lipinski definition) is 0. The average molecular weight is 228 g/mol. The first-order chi connectivity index (χ1) is 0. The molecule has 0 rings (SSSR count). The molecule has 10 nitrogen and oxygen atoms in total. The Hall–Kier alpha value is 0.665. The molecule has 0 aliphatic heterocycles. The molecule has 0 radical (unpaired) electrons. The van der Waals surface area contributed by atoms with Crippen molar-refractivity contribution in [2.24, 2.45) is 0 Å². The zero-order chi connectivity index (χ0) is 0. The van der Waals surface area contributed by atoms with Crippen LogP contribution in [0.4, 0.5) is 0 Å². The summed E-state index contributed by atoms with van der Waals surface area (Å²) in [7, 11) is 0. The number of hydrogen-bond acceptors (Lipinski definition) is 0. The van der Waals surface area contributed by atoms with Crippen LogP contribution in [-0.4, -0.2) is 73.1 Å². The fourth-order valence-corrected chi connectivity index (χ4v) is 0. The zero-order valence-electron chi connectivity index (χ0n) is 5.88. The van der Waals surface area contributed by atoms with Gasteiger partial charge in [0.15, 0.2) is 0 Å². The van der Waals surface area contributed by atoms with E-state index in [1.165, 1.54) is 0 Å². The maximum atomic E-state index is 0. The van der Waals surface area contributed by atoms with Gasteiger partial charge in [-0.1, -0.05) is 0 Å². The van der Waals surface area contributed by atoms with Crippen LogP contribution in [0.3, 0.4) is 0 Å². The fourth-order valence-electron chi connectivity index (χ4n) is 0. The van der Waals surface area contributed by atoms with Crippen LogP contribution >= 0.6 is 0 Å². The monoisotopic (exact) mass is 228 g/mol. The van der Waals surface area contributed by atoms with E-state index in [0.717, 1.165) is 0 Å².